The number of oxime groups is 1. The van der Waals surface area contributed by atoms with Crippen molar-refractivity contribution < 1.29 is 19.5 Å². The molecule has 0 fully saturated rings. The smallest absolute Gasteiger partial charge is 0.251 e. The topological polar surface area (TPSA) is 106 Å². The van der Waals surface area contributed by atoms with Gasteiger partial charge in [0, 0.05) is 18.5 Å². The van der Waals surface area contributed by atoms with Crippen LogP contribution in [0.5, 0.6) is 11.5 Å². The minimum absolute atomic E-state index is 0.181. The van der Waals surface area contributed by atoms with Crippen molar-refractivity contribution in [3.05, 3.63) is 23.8 Å². The molecule has 0 atom stereocenters. The SMILES string of the molecule is COc1ccc(C(=O)NCCCCC(N)=NO)cc1OC. The van der Waals surface area contributed by atoms with Gasteiger partial charge in [0.1, 0.15) is 5.84 Å². The molecule has 4 N–H and O–H groups in total. The summed E-state index contributed by atoms with van der Waals surface area (Å²) in [6, 6.07) is 4.99. The number of benzene rings is 1. The van der Waals surface area contributed by atoms with E-state index in [1.165, 1.54) is 7.11 Å². The third-order valence-corrected chi connectivity index (χ3v) is 2.92. The summed E-state index contributed by atoms with van der Waals surface area (Å²) in [6.45, 7) is 0.520. The number of methoxy groups -OCH3 is 2. The van der Waals surface area contributed by atoms with E-state index in [-0.39, 0.29) is 11.7 Å². The second-order valence-electron chi connectivity index (χ2n) is 4.37. The largest absolute Gasteiger partial charge is 0.493 e. The minimum Gasteiger partial charge on any atom is -0.493 e. The molecular weight excluding hydrogens is 274 g/mol. The Bertz CT molecular complexity index is 503. The van der Waals surface area contributed by atoms with E-state index >= 15 is 0 Å². The Morgan fingerprint density at radius 2 is 2.00 bits per heavy atom. The molecule has 1 rings (SSSR count). The zero-order valence-electron chi connectivity index (χ0n) is 12.3. The van der Waals surface area contributed by atoms with Crippen molar-refractivity contribution in [3.8, 4) is 11.5 Å². The van der Waals surface area contributed by atoms with Crippen LogP contribution >= 0.6 is 0 Å². The maximum atomic E-state index is 12.0. The number of amides is 1. The zero-order chi connectivity index (χ0) is 15.7. The third kappa shape index (κ3) is 5.21. The van der Waals surface area contributed by atoms with Gasteiger partial charge in [0.25, 0.3) is 5.91 Å². The Hall–Kier alpha value is -2.44. The van der Waals surface area contributed by atoms with Gasteiger partial charge >= 0.3 is 0 Å². The van der Waals surface area contributed by atoms with Crippen LogP contribution in [-0.2, 0) is 0 Å². The Morgan fingerprint density at radius 1 is 1.29 bits per heavy atom. The first kappa shape index (κ1) is 16.6. The van der Waals surface area contributed by atoms with Crippen molar-refractivity contribution >= 4 is 11.7 Å². The number of nitrogens with zero attached hydrogens (tertiary/aromatic N) is 1. The number of carbonyl (C=O) groups excluding carboxylic acids is 1. The second-order valence-corrected chi connectivity index (χ2v) is 4.37. The molecule has 0 aliphatic heterocycles. The average molecular weight is 295 g/mol. The standard InChI is InChI=1S/C14H21N3O4/c1-20-11-7-6-10(9-12(11)21-2)14(18)16-8-4-3-5-13(15)17-19/h6-7,9,19H,3-5,8H2,1-2H3,(H2,15,17)(H,16,18). The average Bonchev–Trinajstić information content (AvgIpc) is 2.53. The number of rotatable bonds is 8. The lowest BCUT2D eigenvalue weighted by molar-refractivity contribution is 0.0952. The van der Waals surface area contributed by atoms with Crippen molar-refractivity contribution in [2.75, 3.05) is 20.8 Å². The molecule has 0 heterocycles. The van der Waals surface area contributed by atoms with Crippen LogP contribution in [0.2, 0.25) is 0 Å². The van der Waals surface area contributed by atoms with Gasteiger partial charge < -0.3 is 25.7 Å². The monoisotopic (exact) mass is 295 g/mol. The van der Waals surface area contributed by atoms with E-state index in [0.717, 1.165) is 12.8 Å². The fourth-order valence-corrected chi connectivity index (χ4v) is 1.76. The van der Waals surface area contributed by atoms with Crippen molar-refractivity contribution in [2.24, 2.45) is 10.9 Å². The molecule has 0 aliphatic rings. The van der Waals surface area contributed by atoms with Gasteiger partial charge in [-0.3, -0.25) is 4.79 Å². The molecule has 7 nitrogen and oxygen atoms in total. The highest BCUT2D eigenvalue weighted by atomic mass is 16.5. The van der Waals surface area contributed by atoms with E-state index in [0.29, 0.717) is 30.0 Å². The summed E-state index contributed by atoms with van der Waals surface area (Å²) in [7, 11) is 3.06. The van der Waals surface area contributed by atoms with Gasteiger partial charge in [-0.05, 0) is 31.0 Å². The summed E-state index contributed by atoms with van der Waals surface area (Å²) in [6.07, 6.45) is 1.99. The molecule has 21 heavy (non-hydrogen) atoms. The number of hydrogen-bond donors (Lipinski definition) is 3. The van der Waals surface area contributed by atoms with Gasteiger partial charge in [0.05, 0.1) is 14.2 Å². The predicted octanol–water partition coefficient (Wildman–Crippen LogP) is 1.35. The summed E-state index contributed by atoms with van der Waals surface area (Å²) in [5, 5.41) is 14.1. The number of amidine groups is 1. The van der Waals surface area contributed by atoms with Crippen LogP contribution in [0.25, 0.3) is 0 Å². The highest BCUT2D eigenvalue weighted by molar-refractivity contribution is 5.94. The van der Waals surface area contributed by atoms with E-state index in [4.69, 9.17) is 20.4 Å². The van der Waals surface area contributed by atoms with Crippen LogP contribution < -0.4 is 20.5 Å². The van der Waals surface area contributed by atoms with Gasteiger partial charge in [0.2, 0.25) is 0 Å². The molecule has 0 unspecified atom stereocenters. The van der Waals surface area contributed by atoms with Crippen molar-refractivity contribution in [1.82, 2.24) is 5.32 Å². The van der Waals surface area contributed by atoms with Crippen LogP contribution in [0.4, 0.5) is 0 Å². The quantitative estimate of drug-likeness (QED) is 0.221. The van der Waals surface area contributed by atoms with E-state index in [2.05, 4.69) is 10.5 Å². The number of unbranched alkanes of at least 4 members (excludes halogenated alkanes) is 1. The molecule has 0 spiro atoms. The second kappa shape index (κ2) is 8.68. The first-order valence-corrected chi connectivity index (χ1v) is 6.59. The van der Waals surface area contributed by atoms with E-state index < -0.39 is 0 Å². The maximum Gasteiger partial charge on any atom is 0.251 e. The lowest BCUT2D eigenvalue weighted by Gasteiger charge is -2.10. The molecule has 0 saturated carbocycles. The van der Waals surface area contributed by atoms with Crippen LogP contribution in [0.3, 0.4) is 0 Å². The Kier molecular flexibility index (Phi) is 6.86. The molecule has 1 aromatic rings. The number of carbonyl (C=O) groups is 1. The van der Waals surface area contributed by atoms with Crippen LogP contribution in [-0.4, -0.2) is 37.7 Å². The Morgan fingerprint density at radius 3 is 2.62 bits per heavy atom. The molecule has 0 aromatic heterocycles. The highest BCUT2D eigenvalue weighted by Gasteiger charge is 2.10. The molecule has 1 aromatic carbocycles. The predicted molar refractivity (Wildman–Crippen MR) is 79.1 cm³/mol. The van der Waals surface area contributed by atoms with Gasteiger partial charge in [-0.1, -0.05) is 5.16 Å². The lowest BCUT2D eigenvalue weighted by atomic mass is 10.1. The summed E-state index contributed by atoms with van der Waals surface area (Å²) in [5.41, 5.74) is 5.86. The number of hydrogen-bond acceptors (Lipinski definition) is 5. The van der Waals surface area contributed by atoms with Crippen molar-refractivity contribution in [3.63, 3.8) is 0 Å². The zero-order valence-corrected chi connectivity index (χ0v) is 12.3. The van der Waals surface area contributed by atoms with Gasteiger partial charge in [-0.15, -0.1) is 0 Å². The van der Waals surface area contributed by atoms with Crippen molar-refractivity contribution in [1.29, 1.82) is 0 Å². The maximum absolute atomic E-state index is 12.0. The lowest BCUT2D eigenvalue weighted by Crippen LogP contribution is -2.24. The molecule has 1 amide bonds. The van der Waals surface area contributed by atoms with Gasteiger partial charge in [-0.2, -0.15) is 0 Å². The fourth-order valence-electron chi connectivity index (χ4n) is 1.76. The number of nitrogens with one attached hydrogen (secondary N) is 1. The first-order chi connectivity index (χ1) is 10.1. The molecule has 0 radical (unpaired) electrons. The number of ether oxygens (including phenoxy) is 2. The first-order valence-electron chi connectivity index (χ1n) is 6.59. The summed E-state index contributed by atoms with van der Waals surface area (Å²) >= 11 is 0. The molecule has 0 aliphatic carbocycles. The minimum atomic E-state index is -0.181. The normalized spacial score (nSPS) is 11.0. The Labute approximate surface area is 123 Å². The third-order valence-electron chi connectivity index (χ3n) is 2.92. The van der Waals surface area contributed by atoms with Crippen LogP contribution in [0.15, 0.2) is 23.4 Å². The summed E-state index contributed by atoms with van der Waals surface area (Å²) < 4.78 is 10.3. The van der Waals surface area contributed by atoms with Crippen molar-refractivity contribution in [2.45, 2.75) is 19.3 Å². The van der Waals surface area contributed by atoms with Crippen LogP contribution in [0.1, 0.15) is 29.6 Å². The molecule has 116 valence electrons. The molecule has 7 heteroatoms. The van der Waals surface area contributed by atoms with E-state index in [1.54, 1.807) is 25.3 Å². The van der Waals surface area contributed by atoms with E-state index in [1.807, 2.05) is 0 Å². The molecule has 0 bridgehead atoms. The highest BCUT2D eigenvalue weighted by Crippen LogP contribution is 2.27. The summed E-state index contributed by atoms with van der Waals surface area (Å²) in [5.74, 6) is 1.10. The molecule has 0 saturated heterocycles. The van der Waals surface area contributed by atoms with Gasteiger partial charge in [-0.25, -0.2) is 0 Å². The fraction of sp³-hybridized carbons (Fsp3) is 0.429. The summed E-state index contributed by atoms with van der Waals surface area (Å²) in [4.78, 5) is 12.0. The Balaban J connectivity index is 2.45. The molecular formula is C14H21N3O4. The van der Waals surface area contributed by atoms with E-state index in [9.17, 15) is 4.79 Å². The van der Waals surface area contributed by atoms with Crippen LogP contribution in [0, 0.1) is 0 Å². The number of nitrogens with two attached hydrogens (primary N) is 1. The van der Waals surface area contributed by atoms with Gasteiger partial charge in [0.15, 0.2) is 11.5 Å².